The van der Waals surface area contributed by atoms with Crippen LogP contribution in [0.5, 0.6) is 0 Å². The minimum atomic E-state index is -0.0488. The highest BCUT2D eigenvalue weighted by atomic mass is 16.2. The molecule has 0 spiro atoms. The lowest BCUT2D eigenvalue weighted by Gasteiger charge is -2.22. The van der Waals surface area contributed by atoms with Crippen molar-refractivity contribution in [3.05, 3.63) is 90.1 Å². The summed E-state index contributed by atoms with van der Waals surface area (Å²) in [5, 5.41) is 4.17. The van der Waals surface area contributed by atoms with E-state index in [4.69, 9.17) is 0 Å². The quantitative estimate of drug-likeness (QED) is 0.543. The van der Waals surface area contributed by atoms with Gasteiger partial charge in [0, 0.05) is 49.1 Å². The maximum atomic E-state index is 13.4. The normalized spacial score (nSPS) is 13.0. The molecular weight excluding hydrogens is 350 g/mol. The number of carbonyl (C=O) groups is 1. The zero-order valence-corrected chi connectivity index (χ0v) is 15.5. The zero-order valence-electron chi connectivity index (χ0n) is 15.5. The molecule has 28 heavy (non-hydrogen) atoms. The highest BCUT2D eigenvalue weighted by molar-refractivity contribution is 6.06. The highest BCUT2D eigenvalue weighted by Gasteiger charge is 2.24. The van der Waals surface area contributed by atoms with Gasteiger partial charge in [-0.05, 0) is 35.9 Å². The first-order chi connectivity index (χ1) is 13.7. The average Bonchev–Trinajstić information content (AvgIpc) is 3.32. The number of para-hydroxylation sites is 1. The third kappa shape index (κ3) is 2.79. The predicted octanol–water partition coefficient (Wildman–Crippen LogP) is 3.49. The number of rotatable bonds is 2. The van der Waals surface area contributed by atoms with E-state index < -0.39 is 0 Å². The summed E-state index contributed by atoms with van der Waals surface area (Å²) in [5.41, 5.74) is 5.50. The molecule has 4 heterocycles. The van der Waals surface area contributed by atoms with Crippen LogP contribution >= 0.6 is 0 Å². The Bertz CT molecular complexity index is 1160. The molecule has 0 fully saturated rings. The third-order valence-electron chi connectivity index (χ3n) is 5.12. The first-order valence-electron chi connectivity index (χ1n) is 9.18. The van der Waals surface area contributed by atoms with Crippen LogP contribution < -0.4 is 4.90 Å². The molecule has 5 rings (SSSR count). The van der Waals surface area contributed by atoms with Gasteiger partial charge < -0.3 is 9.47 Å². The molecule has 4 aromatic rings. The Morgan fingerprint density at radius 3 is 2.68 bits per heavy atom. The molecule has 0 radical (unpaired) electrons. The van der Waals surface area contributed by atoms with Gasteiger partial charge in [-0.2, -0.15) is 5.10 Å². The Morgan fingerprint density at radius 2 is 1.89 bits per heavy atom. The zero-order chi connectivity index (χ0) is 19.1. The molecule has 0 N–H and O–H groups in total. The van der Waals surface area contributed by atoms with Crippen LogP contribution in [0.2, 0.25) is 0 Å². The van der Waals surface area contributed by atoms with Crippen molar-refractivity contribution in [2.24, 2.45) is 7.05 Å². The van der Waals surface area contributed by atoms with Crippen molar-refractivity contribution in [3.8, 4) is 11.3 Å². The summed E-state index contributed by atoms with van der Waals surface area (Å²) in [7, 11) is 1.87. The second-order valence-electron chi connectivity index (χ2n) is 6.98. The molecule has 1 aromatic carbocycles. The number of aryl methyl sites for hydroxylation is 1. The van der Waals surface area contributed by atoms with Crippen molar-refractivity contribution in [2.45, 2.75) is 13.1 Å². The molecule has 0 saturated heterocycles. The summed E-state index contributed by atoms with van der Waals surface area (Å²) in [6, 6.07) is 15.9. The fourth-order valence-electron chi connectivity index (χ4n) is 3.67. The molecule has 0 aliphatic carbocycles. The van der Waals surface area contributed by atoms with Gasteiger partial charge in [0.2, 0.25) is 0 Å². The molecular formula is C22H19N5O. The lowest BCUT2D eigenvalue weighted by Crippen LogP contribution is -2.30. The first-order valence-corrected chi connectivity index (χ1v) is 9.18. The second-order valence-corrected chi connectivity index (χ2v) is 6.98. The number of nitrogens with zero attached hydrogens (tertiary/aromatic N) is 5. The van der Waals surface area contributed by atoms with E-state index in [0.717, 1.165) is 34.7 Å². The van der Waals surface area contributed by atoms with Crippen molar-refractivity contribution in [2.75, 3.05) is 4.90 Å². The Hall–Kier alpha value is -3.67. The van der Waals surface area contributed by atoms with E-state index in [9.17, 15) is 4.79 Å². The molecule has 1 amide bonds. The van der Waals surface area contributed by atoms with Crippen LogP contribution in [0.25, 0.3) is 11.3 Å². The van der Waals surface area contributed by atoms with E-state index in [2.05, 4.69) is 33.0 Å². The summed E-state index contributed by atoms with van der Waals surface area (Å²) in [6.45, 7) is 1.30. The van der Waals surface area contributed by atoms with Crippen molar-refractivity contribution < 1.29 is 4.79 Å². The molecule has 0 atom stereocenters. The smallest absolute Gasteiger partial charge is 0.260 e. The number of aromatic nitrogens is 4. The Labute approximate surface area is 162 Å². The molecule has 3 aromatic heterocycles. The van der Waals surface area contributed by atoms with Crippen LogP contribution in [0.3, 0.4) is 0 Å². The number of hydrogen-bond acceptors (Lipinski definition) is 3. The molecule has 6 nitrogen and oxygen atoms in total. The van der Waals surface area contributed by atoms with Crippen LogP contribution in [0.4, 0.5) is 5.69 Å². The van der Waals surface area contributed by atoms with Gasteiger partial charge in [0.05, 0.1) is 24.0 Å². The number of hydrogen-bond donors (Lipinski definition) is 0. The van der Waals surface area contributed by atoms with Crippen LogP contribution in [0, 0.1) is 0 Å². The monoisotopic (exact) mass is 369 g/mol. The summed E-state index contributed by atoms with van der Waals surface area (Å²) in [6.07, 6.45) is 7.38. The van der Waals surface area contributed by atoms with E-state index in [1.807, 2.05) is 54.5 Å². The van der Waals surface area contributed by atoms with Gasteiger partial charge >= 0.3 is 0 Å². The van der Waals surface area contributed by atoms with Gasteiger partial charge in [-0.15, -0.1) is 0 Å². The maximum absolute atomic E-state index is 13.4. The van der Waals surface area contributed by atoms with E-state index in [1.165, 1.54) is 0 Å². The van der Waals surface area contributed by atoms with Gasteiger partial charge in [0.15, 0.2) is 0 Å². The van der Waals surface area contributed by atoms with Gasteiger partial charge in [0.1, 0.15) is 0 Å². The number of fused-ring (bicyclic) bond motifs is 2. The first kappa shape index (κ1) is 16.5. The molecule has 1 aliphatic rings. The number of anilines is 1. The molecule has 6 heteroatoms. The van der Waals surface area contributed by atoms with Gasteiger partial charge in [-0.1, -0.05) is 18.2 Å². The van der Waals surface area contributed by atoms with Gasteiger partial charge in [0.25, 0.3) is 5.91 Å². The second kappa shape index (κ2) is 6.49. The van der Waals surface area contributed by atoms with Crippen LogP contribution in [-0.2, 0) is 20.1 Å². The van der Waals surface area contributed by atoms with Crippen LogP contribution in [-0.4, -0.2) is 25.2 Å². The van der Waals surface area contributed by atoms with Crippen molar-refractivity contribution in [3.63, 3.8) is 0 Å². The fraction of sp³-hybridized carbons (Fsp3) is 0.136. The number of amides is 1. The van der Waals surface area contributed by atoms with Crippen molar-refractivity contribution in [1.29, 1.82) is 0 Å². The van der Waals surface area contributed by atoms with E-state index in [1.54, 1.807) is 17.1 Å². The summed E-state index contributed by atoms with van der Waals surface area (Å²) >= 11 is 0. The molecule has 0 bridgehead atoms. The van der Waals surface area contributed by atoms with Crippen LogP contribution in [0.1, 0.15) is 21.6 Å². The highest BCUT2D eigenvalue weighted by Crippen LogP contribution is 2.29. The lowest BCUT2D eigenvalue weighted by atomic mass is 10.1. The SMILES string of the molecule is Cn1cc(-c2ccc(C(=O)N3Cc4cccn4Cc4ccccc43)cn2)cn1. The summed E-state index contributed by atoms with van der Waals surface area (Å²) in [5.74, 6) is -0.0488. The van der Waals surface area contributed by atoms with E-state index in [0.29, 0.717) is 12.1 Å². The van der Waals surface area contributed by atoms with Crippen molar-refractivity contribution in [1.82, 2.24) is 19.3 Å². The summed E-state index contributed by atoms with van der Waals surface area (Å²) in [4.78, 5) is 19.7. The van der Waals surface area contributed by atoms with E-state index >= 15 is 0 Å². The maximum Gasteiger partial charge on any atom is 0.260 e. The minimum Gasteiger partial charge on any atom is -0.345 e. The van der Waals surface area contributed by atoms with Crippen molar-refractivity contribution >= 4 is 11.6 Å². The Balaban J connectivity index is 1.50. The van der Waals surface area contributed by atoms with Gasteiger partial charge in [-0.3, -0.25) is 14.5 Å². The Kier molecular flexibility index (Phi) is 3.83. The minimum absolute atomic E-state index is 0.0488. The third-order valence-corrected chi connectivity index (χ3v) is 5.12. The molecule has 0 unspecified atom stereocenters. The standard InChI is InChI=1S/C22H19N5O/c1-25-13-18(12-24-25)20-9-8-16(11-23-20)22(28)27-15-19-6-4-10-26(19)14-17-5-2-3-7-21(17)27/h2-13H,14-15H2,1H3. The average molecular weight is 369 g/mol. The Morgan fingerprint density at radius 1 is 1.00 bits per heavy atom. The predicted molar refractivity (Wildman–Crippen MR) is 107 cm³/mol. The number of benzene rings is 1. The topological polar surface area (TPSA) is 56.0 Å². The largest absolute Gasteiger partial charge is 0.345 e. The lowest BCUT2D eigenvalue weighted by molar-refractivity contribution is 0.0984. The summed E-state index contributed by atoms with van der Waals surface area (Å²) < 4.78 is 3.93. The molecule has 1 aliphatic heterocycles. The van der Waals surface area contributed by atoms with E-state index in [-0.39, 0.29) is 5.91 Å². The van der Waals surface area contributed by atoms with Gasteiger partial charge in [-0.25, -0.2) is 0 Å². The number of carbonyl (C=O) groups excluding carboxylic acids is 1. The molecule has 138 valence electrons. The molecule has 0 saturated carbocycles. The van der Waals surface area contributed by atoms with Crippen LogP contribution in [0.15, 0.2) is 73.3 Å². The fourth-order valence-corrected chi connectivity index (χ4v) is 3.67. The number of pyridine rings is 1.